The molecule has 4 N–H and O–H groups in total. The Labute approximate surface area is 108 Å². The van der Waals surface area contributed by atoms with Crippen LogP contribution in [0.4, 0.5) is 4.79 Å². The van der Waals surface area contributed by atoms with Gasteiger partial charge in [-0.2, -0.15) is 0 Å². The molecule has 0 saturated carbocycles. The molecule has 1 unspecified atom stereocenters. The van der Waals surface area contributed by atoms with Gasteiger partial charge >= 0.3 is 6.03 Å². The van der Waals surface area contributed by atoms with E-state index in [9.17, 15) is 9.59 Å². The Bertz CT molecular complexity index is 281. The Morgan fingerprint density at radius 3 is 2.83 bits per heavy atom. The molecule has 3 amide bonds. The van der Waals surface area contributed by atoms with Gasteiger partial charge in [0.2, 0.25) is 5.91 Å². The lowest BCUT2D eigenvalue weighted by atomic mass is 9.99. The summed E-state index contributed by atoms with van der Waals surface area (Å²) in [6.45, 7) is 4.15. The summed E-state index contributed by atoms with van der Waals surface area (Å²) in [6, 6.07) is -0.0429. The van der Waals surface area contributed by atoms with Crippen molar-refractivity contribution < 1.29 is 9.59 Å². The van der Waals surface area contributed by atoms with Crippen molar-refractivity contribution in [1.29, 1.82) is 0 Å². The lowest BCUT2D eigenvalue weighted by Gasteiger charge is -2.34. The fourth-order valence-corrected chi connectivity index (χ4v) is 2.34. The van der Waals surface area contributed by atoms with Crippen LogP contribution in [0.25, 0.3) is 0 Å². The zero-order valence-electron chi connectivity index (χ0n) is 11.1. The molecule has 0 spiro atoms. The molecule has 0 bridgehead atoms. The number of likely N-dealkylation sites (tertiary alicyclic amines) is 1. The summed E-state index contributed by atoms with van der Waals surface area (Å²) in [7, 11) is 0. The van der Waals surface area contributed by atoms with Crippen molar-refractivity contribution >= 4 is 11.9 Å². The molecule has 1 fully saturated rings. The van der Waals surface area contributed by atoms with Crippen LogP contribution in [0.5, 0.6) is 0 Å². The number of imide groups is 1. The van der Waals surface area contributed by atoms with Crippen molar-refractivity contribution in [1.82, 2.24) is 15.5 Å². The third-order valence-corrected chi connectivity index (χ3v) is 3.19. The molecule has 104 valence electrons. The maximum Gasteiger partial charge on any atom is 0.321 e. The second-order valence-electron chi connectivity index (χ2n) is 4.61. The van der Waals surface area contributed by atoms with Crippen molar-refractivity contribution in [2.24, 2.45) is 5.73 Å². The zero-order valence-corrected chi connectivity index (χ0v) is 11.1. The molecule has 1 rings (SSSR count). The highest BCUT2D eigenvalue weighted by Crippen LogP contribution is 2.18. The number of nitrogens with zero attached hydrogens (tertiary/aromatic N) is 1. The number of nitrogens with two attached hydrogens (primary N) is 1. The van der Waals surface area contributed by atoms with Crippen LogP contribution in [0.1, 0.15) is 32.6 Å². The van der Waals surface area contributed by atoms with E-state index in [2.05, 4.69) is 15.5 Å². The minimum Gasteiger partial charge on any atom is -0.338 e. The van der Waals surface area contributed by atoms with Crippen molar-refractivity contribution in [3.63, 3.8) is 0 Å². The molecular weight excluding hydrogens is 232 g/mol. The SMILES string of the molecule is CCNC(=O)NC(=O)CN1CCCCC1CCN. The quantitative estimate of drug-likeness (QED) is 0.648. The number of rotatable bonds is 5. The number of amides is 3. The van der Waals surface area contributed by atoms with Crippen LogP contribution in [0.2, 0.25) is 0 Å². The molecule has 0 aromatic rings. The third-order valence-electron chi connectivity index (χ3n) is 3.19. The van der Waals surface area contributed by atoms with E-state index in [0.717, 1.165) is 25.8 Å². The first-order valence-electron chi connectivity index (χ1n) is 6.69. The predicted molar refractivity (Wildman–Crippen MR) is 70.1 cm³/mol. The van der Waals surface area contributed by atoms with Gasteiger partial charge in [0.05, 0.1) is 6.54 Å². The highest BCUT2D eigenvalue weighted by Gasteiger charge is 2.23. The lowest BCUT2D eigenvalue weighted by Crippen LogP contribution is -2.49. The Balaban J connectivity index is 2.38. The van der Waals surface area contributed by atoms with Crippen LogP contribution in [0.3, 0.4) is 0 Å². The minimum absolute atomic E-state index is 0.245. The summed E-state index contributed by atoms with van der Waals surface area (Å²) in [5.41, 5.74) is 5.58. The van der Waals surface area contributed by atoms with E-state index in [1.165, 1.54) is 6.42 Å². The van der Waals surface area contributed by atoms with Gasteiger partial charge in [0, 0.05) is 12.6 Å². The van der Waals surface area contributed by atoms with Gasteiger partial charge in [0.25, 0.3) is 0 Å². The highest BCUT2D eigenvalue weighted by atomic mass is 16.2. The molecule has 1 atom stereocenters. The summed E-state index contributed by atoms with van der Waals surface area (Å²) in [5, 5.41) is 4.87. The average Bonchev–Trinajstić information content (AvgIpc) is 2.32. The normalized spacial score (nSPS) is 20.4. The number of nitrogens with one attached hydrogen (secondary N) is 2. The van der Waals surface area contributed by atoms with Gasteiger partial charge in [-0.05, 0) is 39.3 Å². The van der Waals surface area contributed by atoms with Gasteiger partial charge in [-0.15, -0.1) is 0 Å². The van der Waals surface area contributed by atoms with Crippen molar-refractivity contribution in [3.8, 4) is 0 Å². The molecule has 0 aliphatic carbocycles. The fourth-order valence-electron chi connectivity index (χ4n) is 2.34. The molecule has 0 aromatic carbocycles. The summed E-state index contributed by atoms with van der Waals surface area (Å²) in [4.78, 5) is 25.1. The smallest absolute Gasteiger partial charge is 0.321 e. The van der Waals surface area contributed by atoms with Gasteiger partial charge in [-0.3, -0.25) is 15.0 Å². The van der Waals surface area contributed by atoms with Crippen molar-refractivity contribution in [3.05, 3.63) is 0 Å². The van der Waals surface area contributed by atoms with Crippen LogP contribution >= 0.6 is 0 Å². The Morgan fingerprint density at radius 1 is 1.39 bits per heavy atom. The number of hydrogen-bond donors (Lipinski definition) is 3. The van der Waals surface area contributed by atoms with Crippen LogP contribution in [-0.2, 0) is 4.79 Å². The van der Waals surface area contributed by atoms with Crippen LogP contribution < -0.4 is 16.4 Å². The maximum atomic E-state index is 11.7. The van der Waals surface area contributed by atoms with E-state index < -0.39 is 6.03 Å². The standard InChI is InChI=1S/C12H24N4O2/c1-2-14-12(18)15-11(17)9-16-8-4-3-5-10(16)6-7-13/h10H,2-9,13H2,1H3,(H2,14,15,17,18). The molecule has 0 radical (unpaired) electrons. The number of urea groups is 1. The number of carbonyl (C=O) groups excluding carboxylic acids is 2. The summed E-state index contributed by atoms with van der Waals surface area (Å²) in [5.74, 6) is -0.245. The van der Waals surface area contributed by atoms with Gasteiger partial charge in [-0.25, -0.2) is 4.79 Å². The molecule has 6 nitrogen and oxygen atoms in total. The molecule has 1 saturated heterocycles. The third kappa shape index (κ3) is 5.01. The van der Waals surface area contributed by atoms with Gasteiger partial charge in [0.1, 0.15) is 0 Å². The largest absolute Gasteiger partial charge is 0.338 e. The second kappa shape index (κ2) is 8.05. The molecule has 1 aliphatic heterocycles. The van der Waals surface area contributed by atoms with Crippen molar-refractivity contribution in [2.45, 2.75) is 38.6 Å². The number of piperidine rings is 1. The lowest BCUT2D eigenvalue weighted by molar-refractivity contribution is -0.122. The summed E-state index contributed by atoms with van der Waals surface area (Å²) < 4.78 is 0. The monoisotopic (exact) mass is 256 g/mol. The first kappa shape index (κ1) is 14.9. The predicted octanol–water partition coefficient (Wildman–Crippen LogP) is 0.0354. The van der Waals surface area contributed by atoms with Crippen LogP contribution in [0, 0.1) is 0 Å². The van der Waals surface area contributed by atoms with Crippen molar-refractivity contribution in [2.75, 3.05) is 26.2 Å². The molecule has 0 aromatic heterocycles. The first-order chi connectivity index (χ1) is 8.67. The number of carbonyl (C=O) groups is 2. The molecule has 1 aliphatic rings. The van der Waals surface area contributed by atoms with E-state index in [0.29, 0.717) is 19.1 Å². The minimum atomic E-state index is -0.421. The van der Waals surface area contributed by atoms with Crippen LogP contribution in [-0.4, -0.2) is 49.1 Å². The Morgan fingerprint density at radius 2 is 2.17 bits per heavy atom. The van der Waals surface area contributed by atoms with Crippen LogP contribution in [0.15, 0.2) is 0 Å². The first-order valence-corrected chi connectivity index (χ1v) is 6.69. The van der Waals surface area contributed by atoms with Gasteiger partial charge < -0.3 is 11.1 Å². The Kier molecular flexibility index (Phi) is 6.67. The number of hydrogen-bond acceptors (Lipinski definition) is 4. The van der Waals surface area contributed by atoms with E-state index in [4.69, 9.17) is 5.73 Å². The molecule has 6 heteroatoms. The van der Waals surface area contributed by atoms with Gasteiger partial charge in [0.15, 0.2) is 0 Å². The van der Waals surface area contributed by atoms with E-state index in [1.54, 1.807) is 0 Å². The Hall–Kier alpha value is -1.14. The second-order valence-corrected chi connectivity index (χ2v) is 4.61. The molecule has 1 heterocycles. The van der Waals surface area contributed by atoms with Gasteiger partial charge in [-0.1, -0.05) is 6.42 Å². The maximum absolute atomic E-state index is 11.7. The van der Waals surface area contributed by atoms with E-state index in [-0.39, 0.29) is 12.5 Å². The summed E-state index contributed by atoms with van der Waals surface area (Å²) >= 11 is 0. The molecule has 18 heavy (non-hydrogen) atoms. The van der Waals surface area contributed by atoms with E-state index in [1.807, 2.05) is 6.92 Å². The topological polar surface area (TPSA) is 87.5 Å². The average molecular weight is 256 g/mol. The fraction of sp³-hybridized carbons (Fsp3) is 0.833. The summed E-state index contributed by atoms with van der Waals surface area (Å²) in [6.07, 6.45) is 4.30. The van der Waals surface area contributed by atoms with E-state index >= 15 is 0 Å². The highest BCUT2D eigenvalue weighted by molar-refractivity contribution is 5.95. The molecular formula is C12H24N4O2. The zero-order chi connectivity index (χ0) is 13.4.